The molecule has 0 radical (unpaired) electrons. The zero-order valence-corrected chi connectivity index (χ0v) is 18.8. The third kappa shape index (κ3) is 40.9. The van der Waals surface area contributed by atoms with Gasteiger partial charge in [0.25, 0.3) is 0 Å². The largest absolute Gasteiger partial charge is 0.354 e. The van der Waals surface area contributed by atoms with Gasteiger partial charge in [-0.3, -0.25) is 4.84 Å². The summed E-state index contributed by atoms with van der Waals surface area (Å²) in [5, 5.41) is 6.99. The van der Waals surface area contributed by atoms with E-state index in [4.69, 9.17) is 24.8 Å². The van der Waals surface area contributed by atoms with Crippen LogP contribution in [0.4, 0.5) is 0 Å². The summed E-state index contributed by atoms with van der Waals surface area (Å²) < 4.78 is 4.96. The van der Waals surface area contributed by atoms with Crippen molar-refractivity contribution >= 4 is 5.71 Å². The topological polar surface area (TPSA) is 91.3 Å². The SMILES string of the molecule is C=CC(COOCC)NOCOCC.CC.CC.CCOOCCC(C)=N. The number of hydroxylamine groups is 1. The minimum Gasteiger partial charge on any atom is -0.354 e. The smallest absolute Gasteiger partial charge is 0.166 e. The van der Waals surface area contributed by atoms with Crippen LogP contribution in [-0.2, 0) is 29.1 Å². The van der Waals surface area contributed by atoms with Gasteiger partial charge in [-0.15, -0.1) is 6.58 Å². The molecule has 0 heterocycles. The Hall–Kier alpha value is -0.870. The number of ether oxygens (including phenoxy) is 1. The van der Waals surface area contributed by atoms with Gasteiger partial charge in [0.15, 0.2) is 6.79 Å². The first-order chi connectivity index (χ1) is 13.1. The third-order valence-corrected chi connectivity index (χ3v) is 2.08. The summed E-state index contributed by atoms with van der Waals surface area (Å²) in [5.41, 5.74) is 3.34. The van der Waals surface area contributed by atoms with Gasteiger partial charge in [-0.1, -0.05) is 33.8 Å². The van der Waals surface area contributed by atoms with Crippen molar-refractivity contribution in [2.45, 2.75) is 67.9 Å². The average Bonchev–Trinajstić information content (AvgIpc) is 2.70. The van der Waals surface area contributed by atoms with Gasteiger partial charge in [0.1, 0.15) is 6.61 Å². The van der Waals surface area contributed by atoms with Crippen LogP contribution >= 0.6 is 0 Å². The molecule has 0 aliphatic rings. The summed E-state index contributed by atoms with van der Waals surface area (Å²) in [6, 6.07) is -0.109. The quantitative estimate of drug-likeness (QED) is 0.105. The number of rotatable bonds is 15. The van der Waals surface area contributed by atoms with E-state index >= 15 is 0 Å². The van der Waals surface area contributed by atoms with Gasteiger partial charge in [-0.05, 0) is 27.7 Å². The molecule has 0 fully saturated rings. The molecule has 1 unspecified atom stereocenters. The maximum absolute atomic E-state index is 6.99. The van der Waals surface area contributed by atoms with Crippen molar-refractivity contribution in [3.63, 3.8) is 0 Å². The van der Waals surface area contributed by atoms with Crippen molar-refractivity contribution in [3.8, 4) is 0 Å². The maximum atomic E-state index is 6.99. The van der Waals surface area contributed by atoms with E-state index in [2.05, 4.69) is 21.8 Å². The van der Waals surface area contributed by atoms with Crippen LogP contribution < -0.4 is 5.48 Å². The van der Waals surface area contributed by atoms with Crippen LogP contribution in [0.2, 0.25) is 0 Å². The maximum Gasteiger partial charge on any atom is 0.166 e. The fraction of sp³-hybridized carbons (Fsp3) is 0.842. The molecule has 0 spiro atoms. The summed E-state index contributed by atoms with van der Waals surface area (Å²) in [6.45, 7) is 21.7. The Morgan fingerprint density at radius 2 is 1.52 bits per heavy atom. The second kappa shape index (κ2) is 36.1. The van der Waals surface area contributed by atoms with Crippen LogP contribution in [0.3, 0.4) is 0 Å². The summed E-state index contributed by atoms with van der Waals surface area (Å²) in [4.78, 5) is 23.8. The molecule has 1 atom stereocenters. The van der Waals surface area contributed by atoms with E-state index in [1.165, 1.54) is 0 Å². The molecule has 0 bridgehead atoms. The Balaban J connectivity index is -0.000000175. The van der Waals surface area contributed by atoms with Gasteiger partial charge >= 0.3 is 0 Å². The van der Waals surface area contributed by atoms with Crippen molar-refractivity contribution in [1.29, 1.82) is 5.41 Å². The molecule has 8 heteroatoms. The van der Waals surface area contributed by atoms with E-state index in [0.717, 1.165) is 0 Å². The van der Waals surface area contributed by atoms with Crippen LogP contribution in [0.25, 0.3) is 0 Å². The molecular formula is C19H44N2O6. The Kier molecular flexibility index (Phi) is 45.1. The van der Waals surface area contributed by atoms with Crippen LogP contribution in [0.15, 0.2) is 12.7 Å². The zero-order valence-electron chi connectivity index (χ0n) is 18.8. The Morgan fingerprint density at radius 1 is 0.963 bits per heavy atom. The predicted molar refractivity (Wildman–Crippen MR) is 111 cm³/mol. The summed E-state index contributed by atoms with van der Waals surface area (Å²) in [7, 11) is 0. The van der Waals surface area contributed by atoms with Crippen molar-refractivity contribution in [3.05, 3.63) is 12.7 Å². The van der Waals surface area contributed by atoms with Crippen molar-refractivity contribution in [2.75, 3.05) is 39.8 Å². The lowest BCUT2D eigenvalue weighted by atomic mass is 10.3. The molecule has 0 saturated heterocycles. The van der Waals surface area contributed by atoms with Crippen molar-refractivity contribution in [2.24, 2.45) is 0 Å². The zero-order chi connectivity index (χ0) is 21.8. The van der Waals surface area contributed by atoms with Crippen LogP contribution in [0.5, 0.6) is 0 Å². The molecule has 0 aliphatic carbocycles. The van der Waals surface area contributed by atoms with Gasteiger partial charge in [-0.25, -0.2) is 19.6 Å². The highest BCUT2D eigenvalue weighted by Gasteiger charge is 2.03. The molecule has 27 heavy (non-hydrogen) atoms. The third-order valence-electron chi connectivity index (χ3n) is 2.08. The first kappa shape index (κ1) is 33.7. The fourth-order valence-corrected chi connectivity index (χ4v) is 0.958. The Morgan fingerprint density at radius 3 is 1.96 bits per heavy atom. The monoisotopic (exact) mass is 396 g/mol. The highest BCUT2D eigenvalue weighted by molar-refractivity contribution is 5.78. The highest BCUT2D eigenvalue weighted by Crippen LogP contribution is 1.89. The Labute approximate surface area is 166 Å². The normalized spacial score (nSPS) is 10.2. The molecule has 0 aromatic carbocycles. The number of nitrogens with one attached hydrogen (secondary N) is 2. The summed E-state index contributed by atoms with van der Waals surface area (Å²) in [5.74, 6) is 0. The minimum atomic E-state index is -0.109. The van der Waals surface area contributed by atoms with Crippen LogP contribution in [0, 0.1) is 5.41 Å². The van der Waals surface area contributed by atoms with Crippen molar-refractivity contribution < 1.29 is 29.1 Å². The lowest BCUT2D eigenvalue weighted by molar-refractivity contribution is -0.296. The number of hydrogen-bond acceptors (Lipinski definition) is 8. The molecular weight excluding hydrogens is 352 g/mol. The molecule has 8 nitrogen and oxygen atoms in total. The number of hydrogen-bond donors (Lipinski definition) is 2. The Bertz CT molecular complexity index is 269. The van der Waals surface area contributed by atoms with Crippen molar-refractivity contribution in [1.82, 2.24) is 5.48 Å². The summed E-state index contributed by atoms with van der Waals surface area (Å²) >= 11 is 0. The average molecular weight is 397 g/mol. The molecule has 166 valence electrons. The molecule has 0 amide bonds. The standard InChI is InChI=1S/C9H19NO4.C6H13NO2.2C2H6/c1-4-9(7-14-13-6-3)10-12-8-11-5-2;1-3-8-9-5-4-6(2)7;2*1-2/h4,9-10H,1,5-8H2,2-3H3;7H,3-5H2,1-2H3;2*1-2H3. The molecule has 0 rings (SSSR count). The molecule has 2 N–H and O–H groups in total. The van der Waals surface area contributed by atoms with Gasteiger partial charge < -0.3 is 10.1 Å². The van der Waals surface area contributed by atoms with Gasteiger partial charge in [-0.2, -0.15) is 5.48 Å². The summed E-state index contributed by atoms with van der Waals surface area (Å²) in [6.07, 6.45) is 2.32. The highest BCUT2D eigenvalue weighted by atomic mass is 17.2. The van der Waals surface area contributed by atoms with Crippen LogP contribution in [0.1, 0.15) is 61.8 Å². The van der Waals surface area contributed by atoms with E-state index in [0.29, 0.717) is 45.2 Å². The van der Waals surface area contributed by atoms with Gasteiger partial charge in [0.05, 0.1) is 25.9 Å². The first-order valence-corrected chi connectivity index (χ1v) is 9.72. The van der Waals surface area contributed by atoms with Gasteiger partial charge in [0, 0.05) is 18.7 Å². The van der Waals surface area contributed by atoms with Crippen LogP contribution in [-0.4, -0.2) is 51.6 Å². The fourth-order valence-electron chi connectivity index (χ4n) is 0.958. The minimum absolute atomic E-state index is 0.109. The second-order valence-electron chi connectivity index (χ2n) is 4.16. The lowest BCUT2D eigenvalue weighted by Gasteiger charge is -2.13. The predicted octanol–water partition coefficient (Wildman–Crippen LogP) is 4.46. The van der Waals surface area contributed by atoms with E-state index < -0.39 is 0 Å². The second-order valence-corrected chi connectivity index (χ2v) is 4.16. The van der Waals surface area contributed by atoms with E-state index in [1.54, 1.807) is 13.0 Å². The lowest BCUT2D eigenvalue weighted by Crippen LogP contribution is -2.32. The molecule has 0 aliphatic heterocycles. The van der Waals surface area contributed by atoms with E-state index in [-0.39, 0.29) is 12.8 Å². The molecule has 0 aromatic heterocycles. The van der Waals surface area contributed by atoms with E-state index in [9.17, 15) is 0 Å². The molecule has 0 saturated carbocycles. The molecule has 0 aromatic rings. The first-order valence-electron chi connectivity index (χ1n) is 9.72. The van der Waals surface area contributed by atoms with Gasteiger partial charge in [0.2, 0.25) is 0 Å². The van der Waals surface area contributed by atoms with E-state index in [1.807, 2.05) is 48.5 Å².